The van der Waals surface area contributed by atoms with Crippen molar-refractivity contribution < 1.29 is 61.1 Å². The maximum absolute atomic E-state index is 14.3. The van der Waals surface area contributed by atoms with E-state index in [1.807, 2.05) is 67.5 Å². The van der Waals surface area contributed by atoms with Crippen LogP contribution >= 0.6 is 0 Å². The second-order valence-corrected chi connectivity index (χ2v) is 25.9. The summed E-state index contributed by atoms with van der Waals surface area (Å²) in [6.07, 6.45) is 1.87. The summed E-state index contributed by atoms with van der Waals surface area (Å²) in [5.74, 6) is -6.81. The molecule has 1 fully saturated rings. The Balaban J connectivity index is 2.27. The van der Waals surface area contributed by atoms with E-state index in [0.717, 1.165) is 56.4 Å². The Hall–Kier alpha value is -6.33. The molecule has 9 N–H and O–H groups in total. The Kier molecular flexibility index (Phi) is 30.0. The highest BCUT2D eigenvalue weighted by atomic mass is 19.4. The van der Waals surface area contributed by atoms with E-state index in [4.69, 9.17) is 0 Å². The van der Waals surface area contributed by atoms with Crippen LogP contribution in [0.3, 0.4) is 0 Å². The molecule has 21 nitrogen and oxygen atoms in total. The fourth-order valence-electron chi connectivity index (χ4n) is 9.76. The molecule has 1 heterocycles. The summed E-state index contributed by atoms with van der Waals surface area (Å²) < 4.78 is 39.9. The molecule has 1 aromatic rings. The van der Waals surface area contributed by atoms with Gasteiger partial charge in [-0.25, -0.2) is 0 Å². The zero-order valence-corrected chi connectivity index (χ0v) is 53.4. The van der Waals surface area contributed by atoms with Crippen LogP contribution in [0.4, 0.5) is 13.2 Å². The number of alkyl halides is 3. The molecule has 0 aromatic heterocycles. The molecule has 10 amide bonds. The number of nitrogens with zero attached hydrogens (tertiary/aromatic N) is 2. The van der Waals surface area contributed by atoms with Crippen LogP contribution in [-0.4, -0.2) is 155 Å². The van der Waals surface area contributed by atoms with Gasteiger partial charge in [0.15, 0.2) is 0 Å². The van der Waals surface area contributed by atoms with E-state index in [9.17, 15) is 61.1 Å². The number of hydrogen-bond donors (Lipinski definition) is 9. The summed E-state index contributed by atoms with van der Waals surface area (Å²) >= 11 is 0. The standard InChI is InChI=1S/C61H102F3N11O10/c1-17-18-19-20-21-22-24-43(67-53(81)47-25-23-32-75(47)54(82)41-26-28-42(29-27-41)61(62,63)64)49(77)68-45(34-38(4)5)51(79)71-59(11,12)56(84)70-44(33-37(2)3)50(78)69-46(35-39(6)7)52(80)72-60(13,14)57(85)73-58(9,10)55(83)65-31-30-48(76)66-40(8)36-74(15)16/h26-29,37-40,43-47H,17-25,30-36H2,1-16H3,(H,65,83)(H,66,76)(H,67,81)(H,68,77)(H,69,78)(H,70,84)(H,71,79)(H,72,80)(H,73,85)/t40?,43?,44?,45?,46?,47-/m0/s1. The lowest BCUT2D eigenvalue weighted by Crippen LogP contribution is -2.65. The number of likely N-dealkylation sites (N-methyl/N-ethyl adjacent to an activating group) is 1. The van der Waals surface area contributed by atoms with Gasteiger partial charge in [0.1, 0.15) is 46.8 Å². The molecule has 1 saturated heterocycles. The second-order valence-electron chi connectivity index (χ2n) is 25.9. The molecule has 482 valence electrons. The van der Waals surface area contributed by atoms with Crippen LogP contribution in [0.1, 0.15) is 196 Å². The lowest BCUT2D eigenvalue weighted by atomic mass is 9.96. The Morgan fingerprint density at radius 1 is 0.576 bits per heavy atom. The molecule has 0 spiro atoms. The second kappa shape index (κ2) is 34.1. The summed E-state index contributed by atoms with van der Waals surface area (Å²) in [4.78, 5) is 141. The van der Waals surface area contributed by atoms with Crippen LogP contribution in [0.25, 0.3) is 0 Å². The average molecular weight is 1210 g/mol. The highest BCUT2D eigenvalue weighted by Crippen LogP contribution is 2.30. The topological polar surface area (TPSA) is 285 Å². The number of halogens is 3. The molecular formula is C61H102F3N11O10. The fraction of sp³-hybridized carbons (Fsp3) is 0.738. The largest absolute Gasteiger partial charge is 0.416 e. The van der Waals surface area contributed by atoms with Crippen LogP contribution in [0.5, 0.6) is 0 Å². The maximum atomic E-state index is 14.3. The molecule has 0 aliphatic carbocycles. The molecule has 85 heavy (non-hydrogen) atoms. The van der Waals surface area contributed by atoms with Crippen LogP contribution in [-0.2, 0) is 49.3 Å². The van der Waals surface area contributed by atoms with Gasteiger partial charge in [-0.2, -0.15) is 13.2 Å². The third-order valence-corrected chi connectivity index (χ3v) is 14.4. The molecule has 2 rings (SSSR count). The van der Waals surface area contributed by atoms with Crippen molar-refractivity contribution in [3.05, 3.63) is 35.4 Å². The van der Waals surface area contributed by atoms with E-state index in [-0.39, 0.29) is 86.9 Å². The van der Waals surface area contributed by atoms with E-state index in [1.54, 1.807) is 0 Å². The van der Waals surface area contributed by atoms with Gasteiger partial charge in [0.25, 0.3) is 5.91 Å². The Bertz CT molecular complexity index is 2410. The predicted octanol–water partition coefficient (Wildman–Crippen LogP) is 5.40. The molecular weight excluding hydrogens is 1100 g/mol. The maximum Gasteiger partial charge on any atom is 0.416 e. The quantitative estimate of drug-likeness (QED) is 0.0388. The zero-order chi connectivity index (χ0) is 64.8. The fourth-order valence-corrected chi connectivity index (χ4v) is 9.76. The van der Waals surface area contributed by atoms with Crippen LogP contribution in [0.2, 0.25) is 0 Å². The summed E-state index contributed by atoms with van der Waals surface area (Å²) in [5, 5.41) is 24.8. The third kappa shape index (κ3) is 26.0. The summed E-state index contributed by atoms with van der Waals surface area (Å²) in [5.41, 5.74) is -5.72. The number of unbranched alkanes of at least 4 members (excludes halogenated alkanes) is 5. The Morgan fingerprint density at radius 2 is 1.05 bits per heavy atom. The van der Waals surface area contributed by atoms with Crippen molar-refractivity contribution in [1.29, 1.82) is 0 Å². The van der Waals surface area contributed by atoms with Gasteiger partial charge in [-0.3, -0.25) is 47.9 Å². The first-order chi connectivity index (χ1) is 39.3. The Labute approximate surface area is 502 Å². The first-order valence-electron chi connectivity index (χ1n) is 30.2. The molecule has 0 radical (unpaired) electrons. The predicted molar refractivity (Wildman–Crippen MR) is 320 cm³/mol. The van der Waals surface area contributed by atoms with Gasteiger partial charge in [-0.15, -0.1) is 0 Å². The van der Waals surface area contributed by atoms with E-state index in [2.05, 4.69) is 54.8 Å². The highest BCUT2D eigenvalue weighted by molar-refractivity contribution is 6.01. The molecule has 24 heteroatoms. The Morgan fingerprint density at radius 3 is 1.54 bits per heavy atom. The van der Waals surface area contributed by atoms with E-state index in [1.165, 1.54) is 46.4 Å². The number of carbonyl (C=O) groups is 10. The first kappa shape index (κ1) is 74.8. The van der Waals surface area contributed by atoms with Crippen molar-refractivity contribution in [2.75, 3.05) is 33.7 Å². The lowest BCUT2D eigenvalue weighted by Gasteiger charge is -2.34. The molecule has 5 unspecified atom stereocenters. The van der Waals surface area contributed by atoms with Crippen molar-refractivity contribution in [3.63, 3.8) is 0 Å². The minimum atomic E-state index is -4.61. The van der Waals surface area contributed by atoms with E-state index in [0.29, 0.717) is 19.4 Å². The number of rotatable bonds is 35. The summed E-state index contributed by atoms with van der Waals surface area (Å²) in [6, 6.07) is -2.14. The van der Waals surface area contributed by atoms with Gasteiger partial charge in [-0.1, -0.05) is 87.0 Å². The van der Waals surface area contributed by atoms with Gasteiger partial charge in [-0.05, 0) is 143 Å². The smallest absolute Gasteiger partial charge is 0.354 e. The normalized spacial score (nSPS) is 15.8. The molecule has 6 atom stereocenters. The van der Waals surface area contributed by atoms with Crippen molar-refractivity contribution in [2.45, 2.75) is 239 Å². The number of likely N-dealkylation sites (tertiary alicyclic amines) is 1. The van der Waals surface area contributed by atoms with E-state index < -0.39 is 112 Å². The van der Waals surface area contributed by atoms with Gasteiger partial charge in [0, 0.05) is 37.7 Å². The van der Waals surface area contributed by atoms with Crippen molar-refractivity contribution in [3.8, 4) is 0 Å². The zero-order valence-electron chi connectivity index (χ0n) is 53.4. The third-order valence-electron chi connectivity index (χ3n) is 14.4. The number of amides is 10. The summed E-state index contributed by atoms with van der Waals surface area (Å²) in [6.45, 7) is 24.5. The molecule has 0 saturated carbocycles. The minimum absolute atomic E-state index is 0.0127. The molecule has 1 aromatic carbocycles. The van der Waals surface area contributed by atoms with Gasteiger partial charge >= 0.3 is 6.18 Å². The number of nitrogens with one attached hydrogen (secondary N) is 9. The average Bonchev–Trinajstić information content (AvgIpc) is 4.15. The molecule has 1 aliphatic heterocycles. The van der Waals surface area contributed by atoms with Crippen molar-refractivity contribution in [2.24, 2.45) is 17.8 Å². The SMILES string of the molecule is CCCCCCCCC(NC(=O)[C@@H]1CCCN1C(=O)c1ccc(C(F)(F)F)cc1)C(=O)NC(CC(C)C)C(=O)NC(C)(C)C(=O)NC(CC(C)C)C(=O)NC(CC(C)C)C(=O)NC(C)(C)C(=O)NC(C)(C)C(=O)NCCC(=O)NC(C)CN(C)C. The van der Waals surface area contributed by atoms with Gasteiger partial charge in [0.2, 0.25) is 53.2 Å². The van der Waals surface area contributed by atoms with Crippen molar-refractivity contribution >= 4 is 59.1 Å². The van der Waals surface area contributed by atoms with Gasteiger partial charge < -0.3 is 57.7 Å². The first-order valence-corrected chi connectivity index (χ1v) is 30.2. The molecule has 0 bridgehead atoms. The number of carbonyl (C=O) groups excluding carboxylic acids is 10. The van der Waals surface area contributed by atoms with E-state index >= 15 is 0 Å². The van der Waals surface area contributed by atoms with Crippen LogP contribution in [0, 0.1) is 17.8 Å². The van der Waals surface area contributed by atoms with Crippen LogP contribution in [0.15, 0.2) is 24.3 Å². The van der Waals surface area contributed by atoms with Gasteiger partial charge in [0.05, 0.1) is 5.56 Å². The highest BCUT2D eigenvalue weighted by Gasteiger charge is 2.42. The van der Waals surface area contributed by atoms with Crippen LogP contribution < -0.4 is 47.9 Å². The summed E-state index contributed by atoms with van der Waals surface area (Å²) in [7, 11) is 3.77. The van der Waals surface area contributed by atoms with Crippen molar-refractivity contribution in [1.82, 2.24) is 57.7 Å². The minimum Gasteiger partial charge on any atom is -0.354 e. The lowest BCUT2D eigenvalue weighted by molar-refractivity contribution is -0.139. The number of benzene rings is 1. The monoisotopic (exact) mass is 1210 g/mol. The molecule has 1 aliphatic rings. The number of hydrogen-bond acceptors (Lipinski definition) is 11.